The molecule has 1 aromatic heterocycles. The summed E-state index contributed by atoms with van der Waals surface area (Å²) in [6, 6.07) is 20.5. The van der Waals surface area contributed by atoms with E-state index < -0.39 is 12.1 Å². The minimum Gasteiger partial charge on any atom is -0.490 e. The molecule has 34 heavy (non-hydrogen) atoms. The second kappa shape index (κ2) is 9.49. The molecule has 0 aliphatic carbocycles. The van der Waals surface area contributed by atoms with Crippen LogP contribution in [0.1, 0.15) is 40.4 Å². The number of benzene rings is 3. The maximum Gasteiger partial charge on any atom is 0.372 e. The zero-order chi connectivity index (χ0) is 23.7. The van der Waals surface area contributed by atoms with Crippen molar-refractivity contribution < 1.29 is 24.2 Å². The molecule has 0 bridgehead atoms. The van der Waals surface area contributed by atoms with Gasteiger partial charge in [0.1, 0.15) is 24.0 Å². The Balaban J connectivity index is 1.16. The molecule has 0 amide bonds. The van der Waals surface area contributed by atoms with Gasteiger partial charge in [-0.05, 0) is 67.2 Å². The molecule has 1 fully saturated rings. The molecular formula is C28H29NO5. The van der Waals surface area contributed by atoms with E-state index in [-0.39, 0.29) is 12.4 Å². The number of carboxylic acids is 1. The van der Waals surface area contributed by atoms with Gasteiger partial charge in [-0.3, -0.25) is 0 Å². The van der Waals surface area contributed by atoms with E-state index in [9.17, 15) is 15.0 Å². The Bertz CT molecular complexity index is 1320. The largest absolute Gasteiger partial charge is 0.490 e. The molecular weight excluding hydrogens is 430 g/mol. The number of aliphatic hydroxyl groups is 1. The summed E-state index contributed by atoms with van der Waals surface area (Å²) < 4.78 is 11.3. The molecule has 0 saturated carbocycles. The van der Waals surface area contributed by atoms with Crippen LogP contribution in [-0.4, -0.2) is 53.4 Å². The van der Waals surface area contributed by atoms with Crippen LogP contribution in [0.2, 0.25) is 0 Å². The number of furan rings is 1. The Morgan fingerprint density at radius 1 is 1.09 bits per heavy atom. The summed E-state index contributed by atoms with van der Waals surface area (Å²) in [6.07, 6.45) is 1.49. The van der Waals surface area contributed by atoms with Gasteiger partial charge in [-0.1, -0.05) is 48.5 Å². The zero-order valence-electron chi connectivity index (χ0n) is 19.2. The van der Waals surface area contributed by atoms with Crippen molar-refractivity contribution in [2.24, 2.45) is 0 Å². The fourth-order valence-corrected chi connectivity index (χ4v) is 5.04. The van der Waals surface area contributed by atoms with Gasteiger partial charge in [0.2, 0.25) is 5.76 Å². The first-order chi connectivity index (χ1) is 16.5. The topological polar surface area (TPSA) is 83.1 Å². The minimum atomic E-state index is -1.10. The van der Waals surface area contributed by atoms with Crippen molar-refractivity contribution in [3.05, 3.63) is 77.6 Å². The van der Waals surface area contributed by atoms with Gasteiger partial charge in [-0.25, -0.2) is 4.79 Å². The number of fused-ring (bicyclic) bond motifs is 2. The highest BCUT2D eigenvalue weighted by Crippen LogP contribution is 2.33. The second-order valence-electron chi connectivity index (χ2n) is 9.14. The Morgan fingerprint density at radius 2 is 1.85 bits per heavy atom. The van der Waals surface area contributed by atoms with Gasteiger partial charge in [-0.2, -0.15) is 0 Å². The maximum absolute atomic E-state index is 11.4. The van der Waals surface area contributed by atoms with Gasteiger partial charge in [0, 0.05) is 12.1 Å². The van der Waals surface area contributed by atoms with Crippen LogP contribution in [0.3, 0.4) is 0 Å². The third-order valence-electron chi connectivity index (χ3n) is 6.84. The molecule has 176 valence electrons. The minimum absolute atomic E-state index is 0.0825. The van der Waals surface area contributed by atoms with Crippen molar-refractivity contribution in [2.75, 3.05) is 26.2 Å². The predicted octanol–water partition coefficient (Wildman–Crippen LogP) is 5.21. The quantitative estimate of drug-likeness (QED) is 0.395. The van der Waals surface area contributed by atoms with E-state index in [4.69, 9.17) is 9.15 Å². The number of hydrogen-bond acceptors (Lipinski definition) is 5. The number of aromatic carboxylic acids is 1. The van der Waals surface area contributed by atoms with Crippen LogP contribution in [0.15, 0.2) is 65.1 Å². The standard InChI is InChI=1S/C28H29NO5/c1-18-26-24(7-4-8-25(26)34-27(18)28(31)32)33-17-23(30)16-29-13-11-20(12-14-29)22-10-9-19-5-2-3-6-21(19)15-22/h2-10,15,20,23,30H,11-14,16-17H2,1H3,(H,31,32)/t23-/m0/s1. The molecule has 6 nitrogen and oxygen atoms in total. The van der Waals surface area contributed by atoms with Crippen molar-refractivity contribution in [1.29, 1.82) is 0 Å². The fourth-order valence-electron chi connectivity index (χ4n) is 5.04. The summed E-state index contributed by atoms with van der Waals surface area (Å²) in [5.41, 5.74) is 2.40. The fraction of sp³-hybridized carbons (Fsp3) is 0.321. The molecule has 5 rings (SSSR count). The normalized spacial score (nSPS) is 16.2. The molecule has 2 heterocycles. The van der Waals surface area contributed by atoms with Gasteiger partial charge in [0.25, 0.3) is 0 Å². The highest BCUT2D eigenvalue weighted by atomic mass is 16.5. The molecule has 6 heteroatoms. The van der Waals surface area contributed by atoms with Crippen LogP contribution in [0, 0.1) is 6.92 Å². The predicted molar refractivity (Wildman–Crippen MR) is 132 cm³/mol. The Labute approximate surface area is 198 Å². The summed E-state index contributed by atoms with van der Waals surface area (Å²) in [6.45, 7) is 4.26. The monoisotopic (exact) mass is 459 g/mol. The lowest BCUT2D eigenvalue weighted by molar-refractivity contribution is 0.0599. The first-order valence-corrected chi connectivity index (χ1v) is 11.8. The number of ether oxygens (including phenoxy) is 1. The third kappa shape index (κ3) is 4.52. The molecule has 4 aromatic rings. The summed E-state index contributed by atoms with van der Waals surface area (Å²) in [5.74, 6) is -0.118. The Morgan fingerprint density at radius 3 is 2.62 bits per heavy atom. The molecule has 2 N–H and O–H groups in total. The second-order valence-corrected chi connectivity index (χ2v) is 9.14. The van der Waals surface area contributed by atoms with Gasteiger partial charge >= 0.3 is 5.97 Å². The summed E-state index contributed by atoms with van der Waals surface area (Å²) in [7, 11) is 0. The van der Waals surface area contributed by atoms with Crippen LogP contribution < -0.4 is 4.74 Å². The number of likely N-dealkylation sites (tertiary alicyclic amines) is 1. The molecule has 1 saturated heterocycles. The van der Waals surface area contributed by atoms with E-state index in [1.165, 1.54) is 16.3 Å². The lowest BCUT2D eigenvalue weighted by Crippen LogP contribution is -2.40. The van der Waals surface area contributed by atoms with Crippen LogP contribution in [0.25, 0.3) is 21.7 Å². The highest BCUT2D eigenvalue weighted by Gasteiger charge is 2.23. The lowest BCUT2D eigenvalue weighted by atomic mass is 9.88. The summed E-state index contributed by atoms with van der Waals surface area (Å²) in [4.78, 5) is 13.7. The van der Waals surface area contributed by atoms with E-state index >= 15 is 0 Å². The van der Waals surface area contributed by atoms with Gasteiger partial charge in [-0.15, -0.1) is 0 Å². The van der Waals surface area contributed by atoms with Crippen molar-refractivity contribution in [1.82, 2.24) is 4.90 Å². The van der Waals surface area contributed by atoms with Gasteiger partial charge in [0.15, 0.2) is 0 Å². The lowest BCUT2D eigenvalue weighted by Gasteiger charge is -2.33. The summed E-state index contributed by atoms with van der Waals surface area (Å²) >= 11 is 0. The number of nitrogens with zero attached hydrogens (tertiary/aromatic N) is 1. The number of piperidine rings is 1. The molecule has 1 atom stereocenters. The third-order valence-corrected chi connectivity index (χ3v) is 6.84. The Kier molecular flexibility index (Phi) is 6.26. The smallest absolute Gasteiger partial charge is 0.372 e. The molecule has 1 aliphatic heterocycles. The van der Waals surface area contributed by atoms with E-state index in [1.807, 2.05) is 0 Å². The number of hydrogen-bond donors (Lipinski definition) is 2. The molecule has 0 spiro atoms. The number of rotatable bonds is 7. The molecule has 1 aliphatic rings. The van der Waals surface area contributed by atoms with E-state index in [1.54, 1.807) is 25.1 Å². The number of aryl methyl sites for hydroxylation is 1. The van der Waals surface area contributed by atoms with Crippen molar-refractivity contribution in [2.45, 2.75) is 31.8 Å². The number of aliphatic hydroxyl groups excluding tert-OH is 1. The zero-order valence-corrected chi connectivity index (χ0v) is 19.2. The average Bonchev–Trinajstić information content (AvgIpc) is 3.20. The molecule has 3 aromatic carbocycles. The Hall–Kier alpha value is -3.35. The number of β-amino-alcohol motifs (C(OH)–C–C–N with tert-alkyl or cyclic N) is 1. The van der Waals surface area contributed by atoms with Crippen molar-refractivity contribution in [3.8, 4) is 5.75 Å². The molecule has 0 unspecified atom stereocenters. The van der Waals surface area contributed by atoms with E-state index in [0.29, 0.717) is 34.7 Å². The van der Waals surface area contributed by atoms with Gasteiger partial charge < -0.3 is 24.3 Å². The maximum atomic E-state index is 11.4. The van der Waals surface area contributed by atoms with Crippen LogP contribution >= 0.6 is 0 Å². The van der Waals surface area contributed by atoms with Crippen LogP contribution in [0.5, 0.6) is 5.75 Å². The van der Waals surface area contributed by atoms with Crippen molar-refractivity contribution in [3.63, 3.8) is 0 Å². The first kappa shape index (κ1) is 22.4. The van der Waals surface area contributed by atoms with E-state index in [2.05, 4.69) is 47.4 Å². The summed E-state index contributed by atoms with van der Waals surface area (Å²) in [5, 5.41) is 23.1. The molecule has 0 radical (unpaired) electrons. The van der Waals surface area contributed by atoms with E-state index in [0.717, 1.165) is 25.9 Å². The van der Waals surface area contributed by atoms with Crippen LogP contribution in [-0.2, 0) is 0 Å². The number of carboxylic acid groups (broad SMARTS) is 1. The number of carbonyl (C=O) groups is 1. The average molecular weight is 460 g/mol. The SMILES string of the molecule is Cc1c(C(=O)O)oc2cccc(OC[C@@H](O)CN3CCC(c4ccc5ccccc5c4)CC3)c12. The van der Waals surface area contributed by atoms with Crippen LogP contribution in [0.4, 0.5) is 0 Å². The van der Waals surface area contributed by atoms with Crippen molar-refractivity contribution >= 4 is 27.7 Å². The first-order valence-electron chi connectivity index (χ1n) is 11.8. The van der Waals surface area contributed by atoms with Gasteiger partial charge in [0.05, 0.1) is 5.39 Å². The highest BCUT2D eigenvalue weighted by molar-refractivity contribution is 5.97.